The Labute approximate surface area is 201 Å². The first-order valence-corrected chi connectivity index (χ1v) is 11.6. The van der Waals surface area contributed by atoms with Crippen LogP contribution in [0.4, 0.5) is 5.69 Å². The number of carbonyl (C=O) groups excluding carboxylic acids is 4. The Morgan fingerprint density at radius 1 is 1.17 bits per heavy atom. The number of nitrogens with one attached hydrogen (secondary N) is 3. The van der Waals surface area contributed by atoms with Crippen LogP contribution in [0.25, 0.3) is 10.9 Å². The molecule has 0 radical (unpaired) electrons. The number of benzene rings is 2. The number of aryl methyl sites for hydroxylation is 1. The fourth-order valence-electron chi connectivity index (χ4n) is 4.89. The summed E-state index contributed by atoms with van der Waals surface area (Å²) >= 11 is 0. The van der Waals surface area contributed by atoms with Gasteiger partial charge in [-0.1, -0.05) is 18.2 Å². The van der Waals surface area contributed by atoms with Crippen molar-refractivity contribution in [3.8, 4) is 0 Å². The van der Waals surface area contributed by atoms with Gasteiger partial charge in [0.1, 0.15) is 11.7 Å². The third kappa shape index (κ3) is 4.30. The SMILES string of the molecule is COCCCc1c(C(=O)Nc2ccc3c(c2)CN(C2CCC(=O)NC2=O)C3=O)[nH]c2ccccc12. The number of nitrogens with zero attached hydrogens (tertiary/aromatic N) is 1. The van der Waals surface area contributed by atoms with Crippen LogP contribution < -0.4 is 10.6 Å². The summed E-state index contributed by atoms with van der Waals surface area (Å²) in [5.74, 6) is -1.28. The highest BCUT2D eigenvalue weighted by atomic mass is 16.5. The fourth-order valence-corrected chi connectivity index (χ4v) is 4.89. The topological polar surface area (TPSA) is 121 Å². The number of amides is 4. The number of piperidine rings is 1. The van der Waals surface area contributed by atoms with E-state index in [4.69, 9.17) is 4.74 Å². The predicted molar refractivity (Wildman–Crippen MR) is 129 cm³/mol. The zero-order valence-corrected chi connectivity index (χ0v) is 19.3. The summed E-state index contributed by atoms with van der Waals surface area (Å²) in [6.07, 6.45) is 1.99. The number of hydrogen-bond donors (Lipinski definition) is 3. The van der Waals surface area contributed by atoms with Gasteiger partial charge in [-0.2, -0.15) is 0 Å². The first kappa shape index (κ1) is 22.8. The lowest BCUT2D eigenvalue weighted by atomic mass is 10.0. The van der Waals surface area contributed by atoms with Crippen molar-refractivity contribution in [1.29, 1.82) is 0 Å². The Balaban J connectivity index is 1.36. The van der Waals surface area contributed by atoms with E-state index in [1.165, 1.54) is 4.90 Å². The highest BCUT2D eigenvalue weighted by Gasteiger charge is 2.39. The number of imide groups is 1. The van der Waals surface area contributed by atoms with E-state index in [1.807, 2.05) is 24.3 Å². The van der Waals surface area contributed by atoms with Crippen molar-refractivity contribution >= 4 is 40.2 Å². The number of ether oxygens (including phenoxy) is 1. The summed E-state index contributed by atoms with van der Waals surface area (Å²) in [5, 5.41) is 6.26. The monoisotopic (exact) mass is 474 g/mol. The number of methoxy groups -OCH3 is 1. The quantitative estimate of drug-likeness (QED) is 0.359. The molecule has 0 spiro atoms. The van der Waals surface area contributed by atoms with Gasteiger partial charge in [0.2, 0.25) is 11.8 Å². The lowest BCUT2D eigenvalue weighted by Crippen LogP contribution is -2.52. The number of hydrogen-bond acceptors (Lipinski definition) is 5. The van der Waals surface area contributed by atoms with Crippen molar-refractivity contribution in [2.75, 3.05) is 19.0 Å². The molecule has 0 saturated carbocycles. The number of para-hydroxylation sites is 1. The van der Waals surface area contributed by atoms with E-state index >= 15 is 0 Å². The third-order valence-electron chi connectivity index (χ3n) is 6.60. The molecule has 1 aromatic heterocycles. The Morgan fingerprint density at radius 3 is 2.80 bits per heavy atom. The summed E-state index contributed by atoms with van der Waals surface area (Å²) in [5.41, 5.74) is 4.13. The number of carbonyl (C=O) groups is 4. The Hall–Kier alpha value is -3.98. The zero-order chi connectivity index (χ0) is 24.5. The van der Waals surface area contributed by atoms with Crippen molar-refractivity contribution in [2.45, 2.75) is 38.3 Å². The highest BCUT2D eigenvalue weighted by molar-refractivity contribution is 6.09. The number of H-pyrrole nitrogens is 1. The van der Waals surface area contributed by atoms with E-state index in [-0.39, 0.29) is 30.7 Å². The van der Waals surface area contributed by atoms with E-state index in [9.17, 15) is 19.2 Å². The number of anilines is 1. The summed E-state index contributed by atoms with van der Waals surface area (Å²) in [7, 11) is 1.66. The fraction of sp³-hybridized carbons (Fsp3) is 0.308. The van der Waals surface area contributed by atoms with E-state index in [1.54, 1.807) is 25.3 Å². The molecule has 0 bridgehead atoms. The third-order valence-corrected chi connectivity index (χ3v) is 6.60. The van der Waals surface area contributed by atoms with Gasteiger partial charge in [0.25, 0.3) is 11.8 Å². The number of aromatic amines is 1. The van der Waals surface area contributed by atoms with Gasteiger partial charge in [-0.3, -0.25) is 24.5 Å². The van der Waals surface area contributed by atoms with Crippen LogP contribution in [-0.4, -0.2) is 53.3 Å². The molecule has 2 aliphatic rings. The van der Waals surface area contributed by atoms with Gasteiger partial charge in [0.05, 0.1) is 0 Å². The standard InChI is InChI=1S/C26H26N4O5/c1-35-12-4-6-19-18-5-2-3-7-20(18)28-23(19)25(33)27-16-8-9-17-15(13-16)14-30(26(17)34)21-10-11-22(31)29-24(21)32/h2-3,5,7-9,13,21,28H,4,6,10-12,14H2,1H3,(H,27,33)(H,29,31,32). The minimum absolute atomic E-state index is 0.203. The highest BCUT2D eigenvalue weighted by Crippen LogP contribution is 2.30. The van der Waals surface area contributed by atoms with Gasteiger partial charge < -0.3 is 19.9 Å². The van der Waals surface area contributed by atoms with Gasteiger partial charge in [-0.05, 0) is 54.7 Å². The summed E-state index contributed by atoms with van der Waals surface area (Å²) < 4.78 is 5.18. The average Bonchev–Trinajstić information content (AvgIpc) is 3.37. The van der Waals surface area contributed by atoms with Gasteiger partial charge in [0.15, 0.2) is 0 Å². The Bertz CT molecular complexity index is 1340. The molecule has 3 aromatic rings. The maximum absolute atomic E-state index is 13.3. The van der Waals surface area contributed by atoms with Crippen LogP contribution in [0.15, 0.2) is 42.5 Å². The van der Waals surface area contributed by atoms with E-state index < -0.39 is 11.9 Å². The van der Waals surface area contributed by atoms with Crippen molar-refractivity contribution in [1.82, 2.24) is 15.2 Å². The van der Waals surface area contributed by atoms with Crippen LogP contribution in [0.3, 0.4) is 0 Å². The van der Waals surface area contributed by atoms with Crippen LogP contribution in [0.1, 0.15) is 51.2 Å². The second kappa shape index (κ2) is 9.34. The molecular weight excluding hydrogens is 448 g/mol. The minimum atomic E-state index is -0.674. The second-order valence-corrected chi connectivity index (χ2v) is 8.85. The van der Waals surface area contributed by atoms with Gasteiger partial charge >= 0.3 is 0 Å². The maximum atomic E-state index is 13.3. The molecule has 2 aromatic carbocycles. The first-order chi connectivity index (χ1) is 17.0. The largest absolute Gasteiger partial charge is 0.385 e. The van der Waals surface area contributed by atoms with Crippen molar-refractivity contribution in [3.05, 3.63) is 64.8 Å². The van der Waals surface area contributed by atoms with Crippen LogP contribution in [0.5, 0.6) is 0 Å². The Morgan fingerprint density at radius 2 is 2.00 bits per heavy atom. The molecule has 1 fully saturated rings. The van der Waals surface area contributed by atoms with E-state index in [0.29, 0.717) is 36.4 Å². The van der Waals surface area contributed by atoms with Gasteiger partial charge in [-0.15, -0.1) is 0 Å². The number of aromatic nitrogens is 1. The van der Waals surface area contributed by atoms with Crippen LogP contribution >= 0.6 is 0 Å². The average molecular weight is 475 g/mol. The predicted octanol–water partition coefficient (Wildman–Crippen LogP) is 2.76. The molecule has 9 nitrogen and oxygen atoms in total. The first-order valence-electron chi connectivity index (χ1n) is 11.6. The van der Waals surface area contributed by atoms with Crippen molar-refractivity contribution < 1.29 is 23.9 Å². The molecular formula is C26H26N4O5. The lowest BCUT2D eigenvalue weighted by molar-refractivity contribution is -0.136. The number of rotatable bonds is 7. The molecule has 3 N–H and O–H groups in total. The number of fused-ring (bicyclic) bond motifs is 2. The molecule has 5 rings (SSSR count). The second-order valence-electron chi connectivity index (χ2n) is 8.85. The maximum Gasteiger partial charge on any atom is 0.272 e. The molecule has 1 unspecified atom stereocenters. The van der Waals surface area contributed by atoms with Crippen LogP contribution in [0, 0.1) is 0 Å². The molecule has 1 saturated heterocycles. The summed E-state index contributed by atoms with van der Waals surface area (Å²) in [4.78, 5) is 54.6. The van der Waals surface area contributed by atoms with Crippen LogP contribution in [0.2, 0.25) is 0 Å². The molecule has 4 amide bonds. The Kier molecular flexibility index (Phi) is 6.08. The van der Waals surface area contributed by atoms with E-state index in [0.717, 1.165) is 28.5 Å². The normalized spacial score (nSPS) is 17.6. The molecule has 2 aliphatic heterocycles. The molecule has 0 aliphatic carbocycles. The molecule has 3 heterocycles. The van der Waals surface area contributed by atoms with Crippen molar-refractivity contribution in [3.63, 3.8) is 0 Å². The van der Waals surface area contributed by atoms with E-state index in [2.05, 4.69) is 15.6 Å². The van der Waals surface area contributed by atoms with Gasteiger partial charge in [0, 0.05) is 48.8 Å². The zero-order valence-electron chi connectivity index (χ0n) is 19.3. The van der Waals surface area contributed by atoms with Gasteiger partial charge in [-0.25, -0.2) is 0 Å². The lowest BCUT2D eigenvalue weighted by Gasteiger charge is -2.29. The molecule has 1 atom stereocenters. The van der Waals surface area contributed by atoms with Crippen LogP contribution in [-0.2, 0) is 27.3 Å². The summed E-state index contributed by atoms with van der Waals surface area (Å²) in [6.45, 7) is 0.849. The van der Waals surface area contributed by atoms with Crippen molar-refractivity contribution in [2.24, 2.45) is 0 Å². The smallest absolute Gasteiger partial charge is 0.272 e. The summed E-state index contributed by atoms with van der Waals surface area (Å²) in [6, 6.07) is 12.3. The molecule has 180 valence electrons. The molecule has 9 heteroatoms. The minimum Gasteiger partial charge on any atom is -0.385 e. The molecule has 35 heavy (non-hydrogen) atoms.